The Bertz CT molecular complexity index is 774. The van der Waals surface area contributed by atoms with Crippen molar-refractivity contribution in [3.8, 4) is 6.07 Å². The highest BCUT2D eigenvalue weighted by Gasteiger charge is 2.54. The summed E-state index contributed by atoms with van der Waals surface area (Å²) in [6, 6.07) is 6.24. The van der Waals surface area contributed by atoms with Crippen LogP contribution in [0.3, 0.4) is 0 Å². The van der Waals surface area contributed by atoms with Crippen LogP contribution >= 0.6 is 0 Å². The number of hydrogen-bond acceptors (Lipinski definition) is 7. The maximum atomic E-state index is 13.2. The Morgan fingerprint density at radius 1 is 1.38 bits per heavy atom. The molecular weight excluding hydrogens is 368 g/mol. The van der Waals surface area contributed by atoms with E-state index in [9.17, 15) is 10.1 Å². The average molecular weight is 399 g/mol. The van der Waals surface area contributed by atoms with Crippen molar-refractivity contribution in [2.24, 2.45) is 11.3 Å². The molecule has 0 amide bonds. The molecule has 4 rings (SSSR count). The summed E-state index contributed by atoms with van der Waals surface area (Å²) in [5, 5.41) is 9.23. The molecule has 156 valence electrons. The number of piperidine rings is 1. The van der Waals surface area contributed by atoms with E-state index in [0.717, 1.165) is 64.3 Å². The average Bonchev–Trinajstić information content (AvgIpc) is 2.79. The minimum absolute atomic E-state index is 0.0634. The molecule has 0 radical (unpaired) electrons. The summed E-state index contributed by atoms with van der Waals surface area (Å²) in [5.74, 6) is 1.03. The first-order chi connectivity index (χ1) is 14.2. The summed E-state index contributed by atoms with van der Waals surface area (Å²) in [4.78, 5) is 22.4. The van der Waals surface area contributed by atoms with Crippen LogP contribution in [0, 0.1) is 22.7 Å². The van der Waals surface area contributed by atoms with Gasteiger partial charge in [-0.15, -0.1) is 0 Å². The topological polar surface area (TPSA) is 78.7 Å². The van der Waals surface area contributed by atoms with Gasteiger partial charge in [0.1, 0.15) is 5.82 Å². The van der Waals surface area contributed by atoms with E-state index in [2.05, 4.69) is 20.9 Å². The smallest absolute Gasteiger partial charge is 0.314 e. The third-order valence-corrected chi connectivity index (χ3v) is 6.92. The number of nitriles is 1. The van der Waals surface area contributed by atoms with Gasteiger partial charge in [-0.2, -0.15) is 5.26 Å². The Hall–Kier alpha value is -2.17. The van der Waals surface area contributed by atoms with Crippen molar-refractivity contribution < 1.29 is 14.3 Å². The number of rotatable bonds is 4. The lowest BCUT2D eigenvalue weighted by atomic mass is 9.61. The molecule has 7 heteroatoms. The molecule has 1 aliphatic carbocycles. The van der Waals surface area contributed by atoms with E-state index in [1.165, 1.54) is 0 Å². The fourth-order valence-electron chi connectivity index (χ4n) is 5.37. The Balaban J connectivity index is 1.55. The summed E-state index contributed by atoms with van der Waals surface area (Å²) in [7, 11) is 0. The molecule has 1 aromatic heterocycles. The Morgan fingerprint density at radius 3 is 2.97 bits per heavy atom. The lowest BCUT2D eigenvalue weighted by molar-refractivity contribution is -0.164. The van der Waals surface area contributed by atoms with Crippen molar-refractivity contribution in [2.75, 3.05) is 50.9 Å². The van der Waals surface area contributed by atoms with Crippen LogP contribution in [0.4, 0.5) is 5.82 Å². The highest BCUT2D eigenvalue weighted by molar-refractivity contribution is 5.79. The second-order valence-corrected chi connectivity index (χ2v) is 8.37. The third kappa shape index (κ3) is 3.96. The van der Waals surface area contributed by atoms with Gasteiger partial charge in [0.15, 0.2) is 0 Å². The van der Waals surface area contributed by atoms with Crippen molar-refractivity contribution >= 4 is 11.8 Å². The van der Waals surface area contributed by atoms with Crippen molar-refractivity contribution in [3.05, 3.63) is 23.9 Å². The van der Waals surface area contributed by atoms with Gasteiger partial charge in [-0.3, -0.25) is 9.69 Å². The predicted molar refractivity (Wildman–Crippen MR) is 108 cm³/mol. The molecule has 3 heterocycles. The highest BCUT2D eigenvalue weighted by Crippen LogP contribution is 2.49. The van der Waals surface area contributed by atoms with Gasteiger partial charge in [0.05, 0.1) is 36.9 Å². The van der Waals surface area contributed by atoms with Crippen LogP contribution in [-0.2, 0) is 14.3 Å². The summed E-state index contributed by atoms with van der Waals surface area (Å²) in [6.07, 6.45) is 5.50. The number of anilines is 1. The lowest BCUT2D eigenvalue weighted by Gasteiger charge is -2.52. The molecule has 29 heavy (non-hydrogen) atoms. The molecule has 0 aromatic carbocycles. The molecule has 1 unspecified atom stereocenters. The zero-order chi connectivity index (χ0) is 20.3. The number of aromatic nitrogens is 1. The van der Waals surface area contributed by atoms with Crippen molar-refractivity contribution in [1.29, 1.82) is 5.26 Å². The van der Waals surface area contributed by atoms with Crippen LogP contribution in [0.15, 0.2) is 18.3 Å². The fourth-order valence-corrected chi connectivity index (χ4v) is 5.37. The van der Waals surface area contributed by atoms with E-state index >= 15 is 0 Å². The van der Waals surface area contributed by atoms with Crippen LogP contribution in [0.5, 0.6) is 0 Å². The number of carbonyl (C=O) groups is 1. The quantitative estimate of drug-likeness (QED) is 0.720. The molecule has 0 N–H and O–H groups in total. The first-order valence-electron chi connectivity index (χ1n) is 10.8. The predicted octanol–water partition coefficient (Wildman–Crippen LogP) is 2.21. The number of hydrogen-bond donors (Lipinski definition) is 0. The van der Waals surface area contributed by atoms with E-state index < -0.39 is 5.41 Å². The minimum atomic E-state index is -0.485. The molecule has 7 nitrogen and oxygen atoms in total. The van der Waals surface area contributed by atoms with Gasteiger partial charge in [-0.05, 0) is 50.7 Å². The first kappa shape index (κ1) is 20.1. The van der Waals surface area contributed by atoms with E-state index in [0.29, 0.717) is 30.7 Å². The van der Waals surface area contributed by atoms with Crippen LogP contribution in [-0.4, -0.2) is 67.9 Å². The molecule has 0 spiro atoms. The zero-order valence-electron chi connectivity index (χ0n) is 17.2. The molecule has 3 fully saturated rings. The van der Waals surface area contributed by atoms with Gasteiger partial charge in [0.2, 0.25) is 0 Å². The third-order valence-electron chi connectivity index (χ3n) is 6.92. The standard InChI is InChI=1S/C22H30N4O3/c1-2-29-21(27)22-6-3-19(25-9-11-28-12-10-25)14-18(22)5-8-26(16-22)20-13-17(15-23)4-7-24-20/h4,7,13,18-19H,2-3,5-6,8-12,14,16H2,1H3/t18-,19?,22-/m1/s1. The number of morpholine rings is 1. The highest BCUT2D eigenvalue weighted by atomic mass is 16.5. The number of fused-ring (bicyclic) bond motifs is 1. The van der Waals surface area contributed by atoms with E-state index in [4.69, 9.17) is 9.47 Å². The van der Waals surface area contributed by atoms with Gasteiger partial charge >= 0.3 is 5.97 Å². The van der Waals surface area contributed by atoms with Gasteiger partial charge in [0.25, 0.3) is 0 Å². The summed E-state index contributed by atoms with van der Waals surface area (Å²) < 4.78 is 11.1. The molecular formula is C22H30N4O3. The Labute approximate surface area is 172 Å². The molecule has 0 bridgehead atoms. The summed E-state index contributed by atoms with van der Waals surface area (Å²) in [6.45, 7) is 7.33. The number of carbonyl (C=O) groups excluding carboxylic acids is 1. The summed E-state index contributed by atoms with van der Waals surface area (Å²) in [5.41, 5.74) is 0.111. The van der Waals surface area contributed by atoms with Crippen molar-refractivity contribution in [2.45, 2.75) is 38.6 Å². The minimum Gasteiger partial charge on any atom is -0.466 e. The SMILES string of the molecule is CCOC(=O)[C@@]12CCC(N3CCOCC3)C[C@H]1CCN(c1cc(C#N)ccn1)C2. The Kier molecular flexibility index (Phi) is 6.02. The van der Waals surface area contributed by atoms with E-state index in [1.807, 2.05) is 13.0 Å². The molecule has 3 atom stereocenters. The molecule has 2 aliphatic heterocycles. The van der Waals surface area contributed by atoms with E-state index in [1.54, 1.807) is 12.3 Å². The second kappa shape index (κ2) is 8.68. The lowest BCUT2D eigenvalue weighted by Crippen LogP contribution is -2.59. The number of nitrogens with zero attached hydrogens (tertiary/aromatic N) is 4. The summed E-state index contributed by atoms with van der Waals surface area (Å²) >= 11 is 0. The first-order valence-corrected chi connectivity index (χ1v) is 10.8. The van der Waals surface area contributed by atoms with Crippen LogP contribution in [0.1, 0.15) is 38.2 Å². The molecule has 1 saturated carbocycles. The van der Waals surface area contributed by atoms with Crippen LogP contribution in [0.2, 0.25) is 0 Å². The van der Waals surface area contributed by atoms with Gasteiger partial charge < -0.3 is 14.4 Å². The van der Waals surface area contributed by atoms with Crippen molar-refractivity contribution in [1.82, 2.24) is 9.88 Å². The zero-order valence-corrected chi connectivity index (χ0v) is 17.2. The maximum absolute atomic E-state index is 13.2. The van der Waals surface area contributed by atoms with Gasteiger partial charge in [0, 0.05) is 38.4 Å². The molecule has 3 aliphatic rings. The monoisotopic (exact) mass is 398 g/mol. The number of pyridine rings is 1. The van der Waals surface area contributed by atoms with Crippen LogP contribution < -0.4 is 4.90 Å². The number of esters is 1. The largest absolute Gasteiger partial charge is 0.466 e. The molecule has 2 saturated heterocycles. The normalized spacial score (nSPS) is 30.3. The van der Waals surface area contributed by atoms with Gasteiger partial charge in [-0.25, -0.2) is 4.98 Å². The van der Waals surface area contributed by atoms with Gasteiger partial charge in [-0.1, -0.05) is 0 Å². The Morgan fingerprint density at radius 2 is 2.21 bits per heavy atom. The molecule has 1 aromatic rings. The number of ether oxygens (including phenoxy) is 2. The van der Waals surface area contributed by atoms with E-state index in [-0.39, 0.29) is 5.97 Å². The maximum Gasteiger partial charge on any atom is 0.314 e. The van der Waals surface area contributed by atoms with Crippen molar-refractivity contribution in [3.63, 3.8) is 0 Å². The fraction of sp³-hybridized carbons (Fsp3) is 0.682. The second-order valence-electron chi connectivity index (χ2n) is 8.37. The van der Waals surface area contributed by atoms with Crippen LogP contribution in [0.25, 0.3) is 0 Å².